The Hall–Kier alpha value is -4.40. The fourth-order valence-electron chi connectivity index (χ4n) is 4.45. The number of aromatic nitrogens is 3. The summed E-state index contributed by atoms with van der Waals surface area (Å²) in [5.74, 6) is 1.51. The summed E-state index contributed by atoms with van der Waals surface area (Å²) in [6.45, 7) is 1.00. The van der Waals surface area contributed by atoms with Gasteiger partial charge in [-0.05, 0) is 49.2 Å². The summed E-state index contributed by atoms with van der Waals surface area (Å²) in [5, 5.41) is 2.96. The van der Waals surface area contributed by atoms with Crippen molar-refractivity contribution in [3.63, 3.8) is 0 Å². The van der Waals surface area contributed by atoms with Crippen LogP contribution in [0.5, 0.6) is 11.5 Å². The number of carbonyl (C=O) groups excluding carboxylic acids is 2. The van der Waals surface area contributed by atoms with Crippen molar-refractivity contribution in [1.82, 2.24) is 19.4 Å². The van der Waals surface area contributed by atoms with Gasteiger partial charge in [0.15, 0.2) is 0 Å². The number of methoxy groups -OCH3 is 2. The number of carbonyl (C=O) groups is 2. The van der Waals surface area contributed by atoms with E-state index in [1.807, 2.05) is 41.0 Å². The van der Waals surface area contributed by atoms with Crippen LogP contribution in [0.4, 0.5) is 5.69 Å². The van der Waals surface area contributed by atoms with Crippen molar-refractivity contribution in [3.8, 4) is 17.3 Å². The van der Waals surface area contributed by atoms with Gasteiger partial charge in [0.05, 0.1) is 37.1 Å². The first-order valence-electron chi connectivity index (χ1n) is 11.8. The predicted octanol–water partition coefficient (Wildman–Crippen LogP) is 3.93. The Kier molecular flexibility index (Phi) is 6.53. The molecule has 2 aromatic heterocycles. The van der Waals surface area contributed by atoms with Crippen LogP contribution in [-0.4, -0.2) is 58.6 Å². The molecule has 9 heteroatoms. The molecule has 2 amide bonds. The Morgan fingerprint density at radius 2 is 1.67 bits per heavy atom. The lowest BCUT2D eigenvalue weighted by Crippen LogP contribution is -2.41. The van der Waals surface area contributed by atoms with Crippen molar-refractivity contribution in [2.75, 3.05) is 32.6 Å². The number of pyridine rings is 1. The van der Waals surface area contributed by atoms with Gasteiger partial charge in [-0.3, -0.25) is 14.2 Å². The van der Waals surface area contributed by atoms with Crippen LogP contribution < -0.4 is 14.8 Å². The van der Waals surface area contributed by atoms with E-state index in [-0.39, 0.29) is 17.7 Å². The van der Waals surface area contributed by atoms with E-state index >= 15 is 0 Å². The lowest BCUT2D eigenvalue weighted by molar-refractivity contribution is -0.121. The quantitative estimate of drug-likeness (QED) is 0.444. The van der Waals surface area contributed by atoms with E-state index in [9.17, 15) is 9.59 Å². The van der Waals surface area contributed by atoms with Gasteiger partial charge in [0.2, 0.25) is 5.91 Å². The van der Waals surface area contributed by atoms with Gasteiger partial charge in [0.25, 0.3) is 5.91 Å². The van der Waals surface area contributed by atoms with Gasteiger partial charge in [0.1, 0.15) is 23.6 Å². The van der Waals surface area contributed by atoms with Crippen molar-refractivity contribution >= 4 is 28.5 Å². The third-order valence-corrected chi connectivity index (χ3v) is 6.47. The Morgan fingerprint density at radius 1 is 0.944 bits per heavy atom. The van der Waals surface area contributed by atoms with Crippen molar-refractivity contribution in [2.24, 2.45) is 5.92 Å². The van der Waals surface area contributed by atoms with Gasteiger partial charge >= 0.3 is 0 Å². The molecule has 0 bridgehead atoms. The Morgan fingerprint density at radius 3 is 2.33 bits per heavy atom. The molecule has 0 atom stereocenters. The van der Waals surface area contributed by atoms with E-state index in [1.165, 1.54) is 0 Å². The molecule has 0 radical (unpaired) electrons. The molecule has 3 heterocycles. The Bertz CT molecular complexity index is 1370. The number of anilines is 1. The zero-order chi connectivity index (χ0) is 25.1. The molecule has 0 unspecified atom stereocenters. The number of rotatable bonds is 6. The highest BCUT2D eigenvalue weighted by Gasteiger charge is 2.28. The fraction of sp³-hybridized carbons (Fsp3) is 0.259. The summed E-state index contributed by atoms with van der Waals surface area (Å²) in [6, 6.07) is 16.7. The molecule has 4 aromatic rings. The van der Waals surface area contributed by atoms with E-state index < -0.39 is 0 Å². The van der Waals surface area contributed by atoms with Crippen LogP contribution in [0.25, 0.3) is 16.9 Å². The standard InChI is InChI=1S/C27H27N5O4/c1-35-21-13-19(14-22(15-21)36-2)27(34)31-11-9-18(10-12-31)26(33)30-20-7-8-25(28-16-20)32-17-29-23-5-3-4-6-24(23)32/h3-8,13-18H,9-12H2,1-2H3,(H,30,33). The number of nitrogens with one attached hydrogen (secondary N) is 1. The van der Waals surface area contributed by atoms with Crippen LogP contribution in [0.3, 0.4) is 0 Å². The first-order chi connectivity index (χ1) is 17.6. The largest absolute Gasteiger partial charge is 0.497 e. The van der Waals surface area contributed by atoms with E-state index in [1.54, 1.807) is 49.8 Å². The highest BCUT2D eigenvalue weighted by Crippen LogP contribution is 2.26. The molecule has 2 aromatic carbocycles. The van der Waals surface area contributed by atoms with Crippen molar-refractivity contribution < 1.29 is 19.1 Å². The van der Waals surface area contributed by atoms with Gasteiger partial charge in [-0.1, -0.05) is 12.1 Å². The molecule has 9 nitrogen and oxygen atoms in total. The maximum atomic E-state index is 13.0. The average molecular weight is 486 g/mol. The number of likely N-dealkylation sites (tertiary alicyclic amines) is 1. The summed E-state index contributed by atoms with van der Waals surface area (Å²) in [4.78, 5) is 36.6. The molecule has 5 rings (SSSR count). The van der Waals surface area contributed by atoms with E-state index in [4.69, 9.17) is 9.47 Å². The summed E-state index contributed by atoms with van der Waals surface area (Å²) < 4.78 is 12.5. The summed E-state index contributed by atoms with van der Waals surface area (Å²) >= 11 is 0. The third-order valence-electron chi connectivity index (χ3n) is 6.47. The lowest BCUT2D eigenvalue weighted by Gasteiger charge is -2.31. The number of hydrogen-bond acceptors (Lipinski definition) is 6. The lowest BCUT2D eigenvalue weighted by atomic mass is 9.95. The Balaban J connectivity index is 1.19. The van der Waals surface area contributed by atoms with Crippen LogP contribution >= 0.6 is 0 Å². The number of ether oxygens (including phenoxy) is 2. The smallest absolute Gasteiger partial charge is 0.254 e. The second-order valence-electron chi connectivity index (χ2n) is 8.67. The van der Waals surface area contributed by atoms with Crippen LogP contribution in [0.1, 0.15) is 23.2 Å². The number of hydrogen-bond donors (Lipinski definition) is 1. The van der Waals surface area contributed by atoms with Crippen LogP contribution in [0, 0.1) is 5.92 Å². The Labute approximate surface area is 208 Å². The molecule has 1 aliphatic heterocycles. The predicted molar refractivity (Wildman–Crippen MR) is 136 cm³/mol. The van der Waals surface area contributed by atoms with E-state index in [2.05, 4.69) is 15.3 Å². The van der Waals surface area contributed by atoms with Crippen LogP contribution in [-0.2, 0) is 4.79 Å². The highest BCUT2D eigenvalue weighted by atomic mass is 16.5. The molecule has 1 aliphatic rings. The van der Waals surface area contributed by atoms with Gasteiger partial charge < -0.3 is 19.7 Å². The number of benzene rings is 2. The number of amides is 2. The fourth-order valence-corrected chi connectivity index (χ4v) is 4.45. The molecule has 1 saturated heterocycles. The summed E-state index contributed by atoms with van der Waals surface area (Å²) in [7, 11) is 3.10. The normalized spacial score (nSPS) is 14.0. The molecule has 1 N–H and O–H groups in total. The molecule has 0 saturated carbocycles. The molecule has 0 aliphatic carbocycles. The van der Waals surface area contributed by atoms with Gasteiger partial charge in [-0.15, -0.1) is 0 Å². The SMILES string of the molecule is COc1cc(OC)cc(C(=O)N2CCC(C(=O)Nc3ccc(-n4cnc5ccccc54)nc3)CC2)c1. The third kappa shape index (κ3) is 4.72. The topological polar surface area (TPSA) is 98.6 Å². The second-order valence-corrected chi connectivity index (χ2v) is 8.67. The van der Waals surface area contributed by atoms with Crippen molar-refractivity contribution in [3.05, 3.63) is 72.7 Å². The zero-order valence-corrected chi connectivity index (χ0v) is 20.2. The number of para-hydroxylation sites is 2. The average Bonchev–Trinajstić information content (AvgIpc) is 3.37. The molecular formula is C27H27N5O4. The number of nitrogens with zero attached hydrogens (tertiary/aromatic N) is 4. The maximum Gasteiger partial charge on any atom is 0.254 e. The van der Waals surface area contributed by atoms with Gasteiger partial charge in [-0.2, -0.15) is 0 Å². The second kappa shape index (κ2) is 10.1. The first kappa shape index (κ1) is 23.3. The van der Waals surface area contributed by atoms with Gasteiger partial charge in [0, 0.05) is 30.6 Å². The first-order valence-corrected chi connectivity index (χ1v) is 11.8. The monoisotopic (exact) mass is 485 g/mol. The minimum Gasteiger partial charge on any atom is -0.497 e. The summed E-state index contributed by atoms with van der Waals surface area (Å²) in [6.07, 6.45) is 4.56. The van der Waals surface area contributed by atoms with Gasteiger partial charge in [-0.25, -0.2) is 9.97 Å². The minimum atomic E-state index is -0.175. The molecule has 1 fully saturated rings. The number of fused-ring (bicyclic) bond motifs is 1. The van der Waals surface area contributed by atoms with Crippen molar-refractivity contribution in [1.29, 1.82) is 0 Å². The zero-order valence-electron chi connectivity index (χ0n) is 20.2. The molecule has 184 valence electrons. The number of piperidine rings is 1. The molecule has 0 spiro atoms. The highest BCUT2D eigenvalue weighted by molar-refractivity contribution is 5.96. The van der Waals surface area contributed by atoms with Crippen LogP contribution in [0.15, 0.2) is 67.1 Å². The summed E-state index contributed by atoms with van der Waals surface area (Å²) in [5.41, 5.74) is 3.00. The molecule has 36 heavy (non-hydrogen) atoms. The maximum absolute atomic E-state index is 13.0. The minimum absolute atomic E-state index is 0.0622. The molecular weight excluding hydrogens is 458 g/mol. The van der Waals surface area contributed by atoms with Crippen molar-refractivity contribution in [2.45, 2.75) is 12.8 Å². The van der Waals surface area contributed by atoms with E-state index in [0.29, 0.717) is 48.7 Å². The van der Waals surface area contributed by atoms with Crippen LogP contribution in [0.2, 0.25) is 0 Å². The van der Waals surface area contributed by atoms with E-state index in [0.717, 1.165) is 16.9 Å². The number of imidazole rings is 1.